The van der Waals surface area contributed by atoms with Gasteiger partial charge in [0, 0.05) is 5.56 Å². The van der Waals surface area contributed by atoms with Crippen molar-refractivity contribution in [2.24, 2.45) is 4.99 Å². The number of hydrogen-bond donors (Lipinski definition) is 1. The molecule has 0 spiro atoms. The summed E-state index contributed by atoms with van der Waals surface area (Å²) in [5, 5.41) is 8.81. The SMILES string of the molecule is CC(C)Oc1ccc(C2=NC(C(=O)O)CO2)cc1. The molecular weight excluding hydrogens is 234 g/mol. The van der Waals surface area contributed by atoms with Gasteiger partial charge in [-0.25, -0.2) is 9.79 Å². The van der Waals surface area contributed by atoms with Crippen molar-refractivity contribution in [2.75, 3.05) is 6.61 Å². The molecule has 2 rings (SSSR count). The normalized spacial score (nSPS) is 18.4. The minimum absolute atomic E-state index is 0.0922. The van der Waals surface area contributed by atoms with E-state index in [2.05, 4.69) is 4.99 Å². The van der Waals surface area contributed by atoms with E-state index in [1.54, 1.807) is 12.1 Å². The zero-order valence-electron chi connectivity index (χ0n) is 10.3. The average Bonchev–Trinajstić information content (AvgIpc) is 2.78. The highest BCUT2D eigenvalue weighted by Crippen LogP contribution is 2.17. The maximum atomic E-state index is 10.7. The Hall–Kier alpha value is -2.04. The number of benzene rings is 1. The monoisotopic (exact) mass is 249 g/mol. The molecule has 0 fully saturated rings. The fraction of sp³-hybridized carbons (Fsp3) is 0.385. The third kappa shape index (κ3) is 2.80. The van der Waals surface area contributed by atoms with Crippen LogP contribution in [0.2, 0.25) is 0 Å². The Morgan fingerprint density at radius 2 is 2.11 bits per heavy atom. The van der Waals surface area contributed by atoms with Crippen molar-refractivity contribution in [3.05, 3.63) is 29.8 Å². The van der Waals surface area contributed by atoms with Gasteiger partial charge in [0.2, 0.25) is 5.90 Å². The van der Waals surface area contributed by atoms with Gasteiger partial charge in [-0.3, -0.25) is 0 Å². The predicted molar refractivity (Wildman–Crippen MR) is 66.1 cm³/mol. The predicted octanol–water partition coefficient (Wildman–Crippen LogP) is 1.70. The summed E-state index contributed by atoms with van der Waals surface area (Å²) < 4.78 is 10.8. The van der Waals surface area contributed by atoms with E-state index in [9.17, 15) is 4.79 Å². The van der Waals surface area contributed by atoms with Gasteiger partial charge in [0.25, 0.3) is 0 Å². The quantitative estimate of drug-likeness (QED) is 0.881. The number of aliphatic carboxylic acids is 1. The van der Waals surface area contributed by atoms with Crippen LogP contribution in [-0.2, 0) is 9.53 Å². The van der Waals surface area contributed by atoms with Crippen LogP contribution in [0.25, 0.3) is 0 Å². The van der Waals surface area contributed by atoms with Crippen LogP contribution in [0, 0.1) is 0 Å². The maximum absolute atomic E-state index is 10.7. The van der Waals surface area contributed by atoms with Crippen molar-refractivity contribution in [1.82, 2.24) is 0 Å². The smallest absolute Gasteiger partial charge is 0.332 e. The Labute approximate surface area is 105 Å². The Kier molecular flexibility index (Phi) is 3.50. The van der Waals surface area contributed by atoms with Gasteiger partial charge in [-0.05, 0) is 38.1 Å². The summed E-state index contributed by atoms with van der Waals surface area (Å²) >= 11 is 0. The molecule has 5 heteroatoms. The number of carboxylic acid groups (broad SMARTS) is 1. The molecular formula is C13H15NO4. The van der Waals surface area contributed by atoms with E-state index in [4.69, 9.17) is 14.6 Å². The molecule has 0 saturated carbocycles. The molecule has 18 heavy (non-hydrogen) atoms. The van der Waals surface area contributed by atoms with Crippen molar-refractivity contribution >= 4 is 11.9 Å². The fourth-order valence-electron chi connectivity index (χ4n) is 1.61. The fourth-order valence-corrected chi connectivity index (χ4v) is 1.61. The Morgan fingerprint density at radius 3 is 2.61 bits per heavy atom. The third-order valence-corrected chi connectivity index (χ3v) is 2.41. The number of rotatable bonds is 4. The maximum Gasteiger partial charge on any atom is 0.332 e. The summed E-state index contributed by atoms with van der Waals surface area (Å²) in [5.74, 6) is 0.172. The molecule has 1 unspecified atom stereocenters. The van der Waals surface area contributed by atoms with Crippen LogP contribution in [0.3, 0.4) is 0 Å². The van der Waals surface area contributed by atoms with Crippen LogP contribution in [0.1, 0.15) is 19.4 Å². The molecule has 5 nitrogen and oxygen atoms in total. The molecule has 0 bridgehead atoms. The second kappa shape index (κ2) is 5.08. The summed E-state index contributed by atoms with van der Waals surface area (Å²) in [6.07, 6.45) is 0.118. The summed E-state index contributed by atoms with van der Waals surface area (Å²) in [4.78, 5) is 14.7. The zero-order chi connectivity index (χ0) is 13.1. The van der Waals surface area contributed by atoms with Crippen LogP contribution in [0.5, 0.6) is 5.75 Å². The van der Waals surface area contributed by atoms with Gasteiger partial charge in [-0.2, -0.15) is 0 Å². The van der Waals surface area contributed by atoms with Crippen molar-refractivity contribution in [2.45, 2.75) is 26.0 Å². The summed E-state index contributed by atoms with van der Waals surface area (Å²) in [6, 6.07) is 6.44. The standard InChI is InChI=1S/C13H15NO4/c1-8(2)18-10-5-3-9(4-6-10)12-14-11(7-17-12)13(15)16/h3-6,8,11H,7H2,1-2H3,(H,15,16). The van der Waals surface area contributed by atoms with Crippen molar-refractivity contribution < 1.29 is 19.4 Å². The highest BCUT2D eigenvalue weighted by atomic mass is 16.5. The van der Waals surface area contributed by atoms with Gasteiger partial charge in [0.1, 0.15) is 12.4 Å². The first-order valence-electron chi connectivity index (χ1n) is 5.77. The van der Waals surface area contributed by atoms with Gasteiger partial charge < -0.3 is 14.6 Å². The topological polar surface area (TPSA) is 68.1 Å². The average molecular weight is 249 g/mol. The van der Waals surface area contributed by atoms with Gasteiger partial charge >= 0.3 is 5.97 Å². The summed E-state index contributed by atoms with van der Waals surface area (Å²) in [7, 11) is 0. The van der Waals surface area contributed by atoms with Crippen molar-refractivity contribution in [3.63, 3.8) is 0 Å². The van der Waals surface area contributed by atoms with Crippen LogP contribution in [0.4, 0.5) is 0 Å². The highest BCUT2D eigenvalue weighted by Gasteiger charge is 2.25. The highest BCUT2D eigenvalue weighted by molar-refractivity contribution is 5.97. The number of nitrogens with zero attached hydrogens (tertiary/aromatic N) is 1. The first kappa shape index (κ1) is 12.4. The molecule has 0 amide bonds. The van der Waals surface area contributed by atoms with E-state index in [1.807, 2.05) is 26.0 Å². The summed E-state index contributed by atoms with van der Waals surface area (Å²) in [6.45, 7) is 4.00. The van der Waals surface area contributed by atoms with E-state index < -0.39 is 12.0 Å². The lowest BCUT2D eigenvalue weighted by molar-refractivity contribution is -0.138. The zero-order valence-corrected chi connectivity index (χ0v) is 10.3. The third-order valence-electron chi connectivity index (χ3n) is 2.41. The van der Waals surface area contributed by atoms with E-state index in [1.165, 1.54) is 0 Å². The van der Waals surface area contributed by atoms with Gasteiger partial charge in [0.05, 0.1) is 6.10 Å². The first-order chi connectivity index (χ1) is 8.56. The molecule has 0 radical (unpaired) electrons. The van der Waals surface area contributed by atoms with Gasteiger partial charge in [-0.15, -0.1) is 0 Å². The van der Waals surface area contributed by atoms with E-state index in [0.29, 0.717) is 5.90 Å². The van der Waals surface area contributed by atoms with Crippen LogP contribution < -0.4 is 4.74 Å². The molecule has 1 atom stereocenters. The minimum Gasteiger partial charge on any atom is -0.491 e. The van der Waals surface area contributed by atoms with Crippen LogP contribution >= 0.6 is 0 Å². The van der Waals surface area contributed by atoms with E-state index in [0.717, 1.165) is 11.3 Å². The minimum atomic E-state index is -0.968. The molecule has 0 aliphatic carbocycles. The number of carboxylic acids is 1. The molecule has 1 aliphatic heterocycles. The molecule has 1 heterocycles. The molecule has 0 saturated heterocycles. The van der Waals surface area contributed by atoms with Gasteiger partial charge in [-0.1, -0.05) is 0 Å². The molecule has 1 aromatic rings. The second-order valence-electron chi connectivity index (χ2n) is 4.29. The van der Waals surface area contributed by atoms with E-state index >= 15 is 0 Å². The molecule has 96 valence electrons. The molecule has 1 aromatic carbocycles. The number of hydrogen-bond acceptors (Lipinski definition) is 4. The lowest BCUT2D eigenvalue weighted by Gasteiger charge is -2.09. The van der Waals surface area contributed by atoms with Gasteiger partial charge in [0.15, 0.2) is 6.04 Å². The Bertz CT molecular complexity index is 464. The molecule has 1 aliphatic rings. The van der Waals surface area contributed by atoms with Crippen molar-refractivity contribution in [1.29, 1.82) is 0 Å². The van der Waals surface area contributed by atoms with Crippen molar-refractivity contribution in [3.8, 4) is 5.75 Å². The van der Waals surface area contributed by atoms with E-state index in [-0.39, 0.29) is 12.7 Å². The largest absolute Gasteiger partial charge is 0.491 e. The summed E-state index contributed by atoms with van der Waals surface area (Å²) in [5.41, 5.74) is 0.759. The lowest BCUT2D eigenvalue weighted by atomic mass is 10.2. The van der Waals surface area contributed by atoms with Crippen LogP contribution in [0.15, 0.2) is 29.3 Å². The number of ether oxygens (including phenoxy) is 2. The number of aliphatic imine (C=N–C) groups is 1. The Balaban J connectivity index is 2.11. The lowest BCUT2D eigenvalue weighted by Crippen LogP contribution is -2.18. The Morgan fingerprint density at radius 1 is 1.44 bits per heavy atom. The first-order valence-corrected chi connectivity index (χ1v) is 5.77. The molecule has 0 aromatic heterocycles. The number of carbonyl (C=O) groups is 1. The second-order valence-corrected chi connectivity index (χ2v) is 4.29. The molecule has 1 N–H and O–H groups in total. The van der Waals surface area contributed by atoms with Crippen LogP contribution in [-0.4, -0.2) is 35.7 Å².